The van der Waals surface area contributed by atoms with E-state index in [9.17, 15) is 4.79 Å². The molecule has 0 aliphatic carbocycles. The van der Waals surface area contributed by atoms with Gasteiger partial charge in [0.1, 0.15) is 11.4 Å². The van der Waals surface area contributed by atoms with Gasteiger partial charge in [0.25, 0.3) is 0 Å². The van der Waals surface area contributed by atoms with E-state index in [1.165, 1.54) is 5.56 Å². The summed E-state index contributed by atoms with van der Waals surface area (Å²) in [6, 6.07) is 20.5. The molecule has 176 valence electrons. The molecule has 0 aliphatic heterocycles. The second-order valence-corrected chi connectivity index (χ2v) is 8.35. The van der Waals surface area contributed by atoms with Crippen molar-refractivity contribution < 1.29 is 14.3 Å². The molecule has 0 unspecified atom stereocenters. The highest BCUT2D eigenvalue weighted by molar-refractivity contribution is 5.77. The Balaban J connectivity index is 1.70. The summed E-state index contributed by atoms with van der Waals surface area (Å²) in [5, 5.41) is 2.98. The van der Waals surface area contributed by atoms with Crippen molar-refractivity contribution >= 4 is 11.6 Å². The number of rotatable bonds is 10. The predicted octanol–water partition coefficient (Wildman–Crippen LogP) is 5.07. The largest absolute Gasteiger partial charge is 0.497 e. The number of nitrogens with zero attached hydrogens (tertiary/aromatic N) is 2. The topological polar surface area (TPSA) is 64.9 Å². The van der Waals surface area contributed by atoms with Gasteiger partial charge in [0.05, 0.1) is 18.5 Å². The second kappa shape index (κ2) is 11.0. The van der Waals surface area contributed by atoms with E-state index in [1.807, 2.05) is 30.3 Å². The molecule has 2 aromatic carbocycles. The van der Waals surface area contributed by atoms with Crippen molar-refractivity contribution in [2.75, 3.05) is 27.4 Å². The van der Waals surface area contributed by atoms with Gasteiger partial charge in [-0.05, 0) is 55.2 Å². The van der Waals surface area contributed by atoms with E-state index in [-0.39, 0.29) is 5.91 Å². The van der Waals surface area contributed by atoms with E-state index in [0.717, 1.165) is 45.9 Å². The molecule has 0 fully saturated rings. The highest BCUT2D eigenvalue weighted by atomic mass is 16.5. The third-order valence-electron chi connectivity index (χ3n) is 5.85. The Morgan fingerprint density at radius 2 is 1.82 bits per heavy atom. The van der Waals surface area contributed by atoms with Crippen LogP contribution in [-0.2, 0) is 16.0 Å². The Morgan fingerprint density at radius 3 is 2.62 bits per heavy atom. The molecule has 2 heterocycles. The molecule has 4 aromatic rings. The van der Waals surface area contributed by atoms with Crippen LogP contribution in [0.2, 0.25) is 0 Å². The smallest absolute Gasteiger partial charge is 0.220 e. The first-order valence-electron chi connectivity index (χ1n) is 11.6. The molecule has 34 heavy (non-hydrogen) atoms. The molecule has 4 rings (SSSR count). The molecule has 1 N–H and O–H groups in total. The van der Waals surface area contributed by atoms with Crippen LogP contribution in [0.5, 0.6) is 5.75 Å². The van der Waals surface area contributed by atoms with Crippen LogP contribution < -0.4 is 10.1 Å². The van der Waals surface area contributed by atoms with Crippen molar-refractivity contribution in [3.8, 4) is 28.1 Å². The standard InChI is InChI=1S/C28H31N3O3/c1-20-7-4-8-21(17-20)23-11-13-26-30-28(22-9-5-10-24(18-22)34-3)25(31(26)19-23)12-14-27(32)29-15-6-16-33-2/h4-5,7-11,13,17-19H,6,12,14-16H2,1-3H3,(H,29,32). The van der Waals surface area contributed by atoms with Gasteiger partial charge in [-0.3, -0.25) is 4.79 Å². The van der Waals surface area contributed by atoms with Gasteiger partial charge in [0, 0.05) is 38.4 Å². The van der Waals surface area contributed by atoms with Gasteiger partial charge in [-0.15, -0.1) is 0 Å². The molecular formula is C28H31N3O3. The van der Waals surface area contributed by atoms with Crippen molar-refractivity contribution in [1.82, 2.24) is 14.7 Å². The quantitative estimate of drug-likeness (QED) is 0.338. The number of carbonyl (C=O) groups excluding carboxylic acids is 1. The number of carbonyl (C=O) groups is 1. The Labute approximate surface area is 200 Å². The molecule has 6 heteroatoms. The number of imidazole rings is 1. The minimum Gasteiger partial charge on any atom is -0.497 e. The molecule has 0 aliphatic rings. The maximum absolute atomic E-state index is 12.5. The minimum atomic E-state index is 0.0254. The number of fused-ring (bicyclic) bond motifs is 1. The number of amides is 1. The molecule has 0 saturated heterocycles. The van der Waals surface area contributed by atoms with Crippen LogP contribution in [-0.4, -0.2) is 42.7 Å². The Kier molecular flexibility index (Phi) is 7.60. The van der Waals surface area contributed by atoms with Gasteiger partial charge in [-0.25, -0.2) is 4.98 Å². The molecule has 0 atom stereocenters. The highest BCUT2D eigenvalue weighted by Gasteiger charge is 2.17. The van der Waals surface area contributed by atoms with E-state index in [4.69, 9.17) is 14.5 Å². The van der Waals surface area contributed by atoms with Gasteiger partial charge in [-0.1, -0.05) is 42.0 Å². The van der Waals surface area contributed by atoms with Crippen LogP contribution >= 0.6 is 0 Å². The maximum atomic E-state index is 12.5. The lowest BCUT2D eigenvalue weighted by Gasteiger charge is -2.09. The van der Waals surface area contributed by atoms with Gasteiger partial charge in [0.15, 0.2) is 0 Å². The predicted molar refractivity (Wildman–Crippen MR) is 135 cm³/mol. The fourth-order valence-electron chi connectivity index (χ4n) is 4.09. The number of methoxy groups -OCH3 is 2. The number of hydrogen-bond donors (Lipinski definition) is 1. The Bertz CT molecular complexity index is 1280. The maximum Gasteiger partial charge on any atom is 0.220 e. The van der Waals surface area contributed by atoms with Gasteiger partial charge >= 0.3 is 0 Å². The summed E-state index contributed by atoms with van der Waals surface area (Å²) in [6.07, 6.45) is 3.87. The van der Waals surface area contributed by atoms with E-state index in [1.54, 1.807) is 14.2 Å². The lowest BCUT2D eigenvalue weighted by atomic mass is 10.0. The number of aryl methyl sites for hydroxylation is 2. The molecule has 0 spiro atoms. The van der Waals surface area contributed by atoms with Crippen molar-refractivity contribution in [2.24, 2.45) is 0 Å². The van der Waals surface area contributed by atoms with Crippen LogP contribution in [0.3, 0.4) is 0 Å². The zero-order chi connectivity index (χ0) is 23.9. The number of benzene rings is 2. The van der Waals surface area contributed by atoms with Crippen molar-refractivity contribution in [3.05, 3.63) is 78.1 Å². The summed E-state index contributed by atoms with van der Waals surface area (Å²) in [4.78, 5) is 17.4. The second-order valence-electron chi connectivity index (χ2n) is 8.35. The first-order valence-corrected chi connectivity index (χ1v) is 11.6. The lowest BCUT2D eigenvalue weighted by Crippen LogP contribution is -2.25. The summed E-state index contributed by atoms with van der Waals surface area (Å²) >= 11 is 0. The molecule has 0 radical (unpaired) electrons. The molecule has 0 saturated carbocycles. The van der Waals surface area contributed by atoms with E-state index < -0.39 is 0 Å². The fourth-order valence-corrected chi connectivity index (χ4v) is 4.09. The zero-order valence-corrected chi connectivity index (χ0v) is 20.0. The van der Waals surface area contributed by atoms with Crippen LogP contribution in [0.15, 0.2) is 66.9 Å². The zero-order valence-electron chi connectivity index (χ0n) is 20.0. The van der Waals surface area contributed by atoms with Crippen molar-refractivity contribution in [1.29, 1.82) is 0 Å². The minimum absolute atomic E-state index is 0.0254. The third kappa shape index (κ3) is 5.46. The summed E-state index contributed by atoms with van der Waals surface area (Å²) in [7, 11) is 3.32. The normalized spacial score (nSPS) is 11.0. The number of nitrogens with one attached hydrogen (secondary N) is 1. The third-order valence-corrected chi connectivity index (χ3v) is 5.85. The first-order chi connectivity index (χ1) is 16.6. The lowest BCUT2D eigenvalue weighted by molar-refractivity contribution is -0.121. The number of ether oxygens (including phenoxy) is 2. The van der Waals surface area contributed by atoms with Crippen LogP contribution in [0.4, 0.5) is 0 Å². The molecule has 1 amide bonds. The van der Waals surface area contributed by atoms with Crippen LogP contribution in [0.25, 0.3) is 28.0 Å². The molecule has 2 aromatic heterocycles. The van der Waals surface area contributed by atoms with Crippen LogP contribution in [0, 0.1) is 6.92 Å². The van der Waals surface area contributed by atoms with Gasteiger partial charge < -0.3 is 19.2 Å². The van der Waals surface area contributed by atoms with E-state index >= 15 is 0 Å². The van der Waals surface area contributed by atoms with Crippen molar-refractivity contribution in [3.63, 3.8) is 0 Å². The average molecular weight is 458 g/mol. The summed E-state index contributed by atoms with van der Waals surface area (Å²) < 4.78 is 12.6. The molecular weight excluding hydrogens is 426 g/mol. The van der Waals surface area contributed by atoms with E-state index in [0.29, 0.717) is 26.0 Å². The fraction of sp³-hybridized carbons (Fsp3) is 0.286. The summed E-state index contributed by atoms with van der Waals surface area (Å²) in [5.41, 5.74) is 7.17. The average Bonchev–Trinajstić information content (AvgIpc) is 3.23. The monoisotopic (exact) mass is 457 g/mol. The Morgan fingerprint density at radius 1 is 1.00 bits per heavy atom. The van der Waals surface area contributed by atoms with Gasteiger partial charge in [0.2, 0.25) is 5.91 Å². The molecule has 6 nitrogen and oxygen atoms in total. The highest BCUT2D eigenvalue weighted by Crippen LogP contribution is 2.30. The van der Waals surface area contributed by atoms with Gasteiger partial charge in [-0.2, -0.15) is 0 Å². The van der Waals surface area contributed by atoms with E-state index in [2.05, 4.69) is 53.2 Å². The Hall–Kier alpha value is -3.64. The number of hydrogen-bond acceptors (Lipinski definition) is 4. The van der Waals surface area contributed by atoms with Crippen molar-refractivity contribution in [2.45, 2.75) is 26.2 Å². The number of pyridine rings is 1. The van der Waals surface area contributed by atoms with Crippen LogP contribution in [0.1, 0.15) is 24.1 Å². The molecule has 0 bridgehead atoms. The summed E-state index contributed by atoms with van der Waals surface area (Å²) in [5.74, 6) is 0.800. The SMILES string of the molecule is COCCCNC(=O)CCc1c(-c2cccc(OC)c2)nc2ccc(-c3cccc(C)c3)cn12. The first kappa shape index (κ1) is 23.5. The number of aromatic nitrogens is 2. The summed E-state index contributed by atoms with van der Waals surface area (Å²) in [6.45, 7) is 3.34.